The molecule has 1 aromatic heterocycles. The number of carbonyl (C=O) groups is 2. The van der Waals surface area contributed by atoms with Gasteiger partial charge in [-0.3, -0.25) is 9.78 Å². The van der Waals surface area contributed by atoms with Crippen LogP contribution in [0.2, 0.25) is 0 Å². The number of hydrogen-bond acceptors (Lipinski definition) is 4. The molecule has 0 saturated heterocycles. The third-order valence-electron chi connectivity index (χ3n) is 1.54. The van der Waals surface area contributed by atoms with E-state index in [9.17, 15) is 14.7 Å². The minimum Gasteiger partial charge on any atom is -0.545 e. The standard InChI is InChI=1S/C10H10N2O3/c13-9(4-5-10(14)15)12-7-8-3-1-2-6-11-8/h1-6H,7H2,(H,12,13)(H,14,15)/p-1. The van der Waals surface area contributed by atoms with Crippen LogP contribution < -0.4 is 10.4 Å². The van der Waals surface area contributed by atoms with E-state index in [-0.39, 0.29) is 6.54 Å². The zero-order chi connectivity index (χ0) is 11.1. The molecule has 0 saturated carbocycles. The number of rotatable bonds is 4. The molecule has 0 aromatic carbocycles. The molecule has 0 spiro atoms. The average molecular weight is 205 g/mol. The first-order valence-corrected chi connectivity index (χ1v) is 4.25. The molecule has 0 fully saturated rings. The van der Waals surface area contributed by atoms with Gasteiger partial charge in [-0.25, -0.2) is 0 Å². The van der Waals surface area contributed by atoms with Crippen molar-refractivity contribution in [2.45, 2.75) is 6.54 Å². The van der Waals surface area contributed by atoms with Crippen LogP contribution in [-0.2, 0) is 16.1 Å². The molecule has 1 heterocycles. The highest BCUT2D eigenvalue weighted by atomic mass is 16.4. The van der Waals surface area contributed by atoms with Crippen LogP contribution in [0.3, 0.4) is 0 Å². The van der Waals surface area contributed by atoms with Gasteiger partial charge in [0, 0.05) is 12.3 Å². The number of hydrogen-bond donors (Lipinski definition) is 1. The average Bonchev–Trinajstić information content (AvgIpc) is 2.25. The number of aliphatic carboxylic acids is 1. The number of aromatic nitrogens is 1. The summed E-state index contributed by atoms with van der Waals surface area (Å²) in [5, 5.41) is 12.5. The maximum absolute atomic E-state index is 11.0. The number of pyridine rings is 1. The van der Waals surface area contributed by atoms with E-state index in [2.05, 4.69) is 10.3 Å². The van der Waals surface area contributed by atoms with Gasteiger partial charge in [-0.05, 0) is 18.2 Å². The first-order valence-electron chi connectivity index (χ1n) is 4.25. The summed E-state index contributed by atoms with van der Waals surface area (Å²) in [6, 6.07) is 5.32. The Morgan fingerprint density at radius 2 is 2.20 bits per heavy atom. The Hall–Kier alpha value is -2.17. The van der Waals surface area contributed by atoms with Gasteiger partial charge in [0.2, 0.25) is 5.91 Å². The molecule has 1 N–H and O–H groups in total. The molecule has 0 aliphatic heterocycles. The van der Waals surface area contributed by atoms with Gasteiger partial charge in [0.15, 0.2) is 0 Å². The molecule has 5 heteroatoms. The zero-order valence-electron chi connectivity index (χ0n) is 7.84. The molecule has 1 amide bonds. The highest BCUT2D eigenvalue weighted by Gasteiger charge is 1.96. The zero-order valence-corrected chi connectivity index (χ0v) is 7.84. The van der Waals surface area contributed by atoms with Gasteiger partial charge in [0.05, 0.1) is 18.2 Å². The monoisotopic (exact) mass is 205 g/mol. The fourth-order valence-corrected chi connectivity index (χ4v) is 0.883. The van der Waals surface area contributed by atoms with Gasteiger partial charge in [-0.15, -0.1) is 0 Å². The summed E-state index contributed by atoms with van der Waals surface area (Å²) in [6.07, 6.45) is 3.19. The second-order valence-corrected chi connectivity index (χ2v) is 2.69. The second-order valence-electron chi connectivity index (χ2n) is 2.69. The number of amides is 1. The molecule has 0 radical (unpaired) electrons. The molecule has 1 rings (SSSR count). The van der Waals surface area contributed by atoms with Crippen LogP contribution in [-0.4, -0.2) is 16.9 Å². The van der Waals surface area contributed by atoms with Crippen molar-refractivity contribution in [3.05, 3.63) is 42.2 Å². The number of carboxylic acids is 1. The van der Waals surface area contributed by atoms with Crippen molar-refractivity contribution in [3.63, 3.8) is 0 Å². The molecule has 1 aromatic rings. The van der Waals surface area contributed by atoms with Gasteiger partial charge in [-0.2, -0.15) is 0 Å². The lowest BCUT2D eigenvalue weighted by atomic mass is 10.3. The van der Waals surface area contributed by atoms with Crippen molar-refractivity contribution in [2.24, 2.45) is 0 Å². The Morgan fingerprint density at radius 1 is 1.40 bits per heavy atom. The van der Waals surface area contributed by atoms with Crippen LogP contribution in [0.5, 0.6) is 0 Å². The summed E-state index contributed by atoms with van der Waals surface area (Å²) in [7, 11) is 0. The molecular formula is C10H9N2O3-. The predicted octanol–water partition coefficient (Wildman–Crippen LogP) is -0.996. The predicted molar refractivity (Wildman–Crippen MR) is 50.2 cm³/mol. The topological polar surface area (TPSA) is 82.1 Å². The van der Waals surface area contributed by atoms with Gasteiger partial charge >= 0.3 is 0 Å². The third kappa shape index (κ3) is 4.56. The van der Waals surface area contributed by atoms with E-state index in [1.165, 1.54) is 0 Å². The van der Waals surface area contributed by atoms with Crippen LogP contribution >= 0.6 is 0 Å². The number of nitrogens with one attached hydrogen (secondary N) is 1. The summed E-state index contributed by atoms with van der Waals surface area (Å²) in [6.45, 7) is 0.261. The number of carboxylic acid groups (broad SMARTS) is 1. The third-order valence-corrected chi connectivity index (χ3v) is 1.54. The lowest BCUT2D eigenvalue weighted by Crippen LogP contribution is -2.23. The Kier molecular flexibility index (Phi) is 4.03. The number of nitrogens with zero attached hydrogens (tertiary/aromatic N) is 1. The summed E-state index contributed by atoms with van der Waals surface area (Å²) in [5.41, 5.74) is 0.702. The summed E-state index contributed by atoms with van der Waals surface area (Å²) < 4.78 is 0. The Labute approximate surface area is 86.5 Å². The van der Waals surface area contributed by atoms with Crippen LogP contribution in [0.15, 0.2) is 36.5 Å². The number of carbonyl (C=O) groups excluding carboxylic acids is 2. The van der Waals surface area contributed by atoms with Crippen LogP contribution in [0.1, 0.15) is 5.69 Å². The van der Waals surface area contributed by atoms with Gasteiger partial charge in [0.1, 0.15) is 0 Å². The maximum atomic E-state index is 11.0. The van der Waals surface area contributed by atoms with Crippen molar-refractivity contribution in [1.29, 1.82) is 0 Å². The van der Waals surface area contributed by atoms with Crippen molar-refractivity contribution in [3.8, 4) is 0 Å². The van der Waals surface area contributed by atoms with Crippen molar-refractivity contribution < 1.29 is 14.7 Å². The van der Waals surface area contributed by atoms with Crippen LogP contribution in [0.25, 0.3) is 0 Å². The minimum atomic E-state index is -1.40. The Bertz CT molecular complexity index is 374. The minimum absolute atomic E-state index is 0.261. The van der Waals surface area contributed by atoms with Crippen molar-refractivity contribution >= 4 is 11.9 Å². The van der Waals surface area contributed by atoms with E-state index in [0.29, 0.717) is 11.8 Å². The molecule has 0 bridgehead atoms. The van der Waals surface area contributed by atoms with E-state index < -0.39 is 11.9 Å². The van der Waals surface area contributed by atoms with Crippen molar-refractivity contribution in [2.75, 3.05) is 0 Å². The van der Waals surface area contributed by atoms with Crippen molar-refractivity contribution in [1.82, 2.24) is 10.3 Å². The smallest absolute Gasteiger partial charge is 0.244 e. The van der Waals surface area contributed by atoms with Gasteiger partial charge in [0.25, 0.3) is 0 Å². The second kappa shape index (κ2) is 5.54. The fourth-order valence-electron chi connectivity index (χ4n) is 0.883. The van der Waals surface area contributed by atoms with Crippen LogP contribution in [0, 0.1) is 0 Å². The molecule has 0 aliphatic carbocycles. The Morgan fingerprint density at radius 3 is 2.80 bits per heavy atom. The highest BCUT2D eigenvalue weighted by molar-refractivity contribution is 5.93. The van der Waals surface area contributed by atoms with Gasteiger partial charge < -0.3 is 15.2 Å². The Balaban J connectivity index is 2.38. The van der Waals surface area contributed by atoms with E-state index in [0.717, 1.165) is 6.08 Å². The molecule has 78 valence electrons. The fraction of sp³-hybridized carbons (Fsp3) is 0.100. The quantitative estimate of drug-likeness (QED) is 0.639. The summed E-state index contributed by atoms with van der Waals surface area (Å²) in [4.78, 5) is 25.0. The lowest BCUT2D eigenvalue weighted by Gasteiger charge is -2.00. The molecule has 0 unspecified atom stereocenters. The lowest BCUT2D eigenvalue weighted by molar-refractivity contribution is -0.297. The molecule has 15 heavy (non-hydrogen) atoms. The molecule has 0 aliphatic rings. The van der Waals surface area contributed by atoms with Gasteiger partial charge in [-0.1, -0.05) is 6.07 Å². The summed E-state index contributed by atoms with van der Waals surface area (Å²) in [5.74, 6) is -1.90. The summed E-state index contributed by atoms with van der Waals surface area (Å²) >= 11 is 0. The SMILES string of the molecule is O=C([O-])C=CC(=O)NCc1ccccn1. The van der Waals surface area contributed by atoms with E-state index in [4.69, 9.17) is 0 Å². The molecular weight excluding hydrogens is 196 g/mol. The first kappa shape index (κ1) is 10.9. The van der Waals surface area contributed by atoms with E-state index >= 15 is 0 Å². The normalized spacial score (nSPS) is 10.1. The molecule has 0 atom stereocenters. The van der Waals surface area contributed by atoms with E-state index in [1.807, 2.05) is 0 Å². The van der Waals surface area contributed by atoms with E-state index in [1.54, 1.807) is 24.4 Å². The van der Waals surface area contributed by atoms with Crippen LogP contribution in [0.4, 0.5) is 0 Å². The first-order chi connectivity index (χ1) is 7.18. The molecule has 5 nitrogen and oxygen atoms in total. The highest BCUT2D eigenvalue weighted by Crippen LogP contribution is 1.91. The maximum Gasteiger partial charge on any atom is 0.244 e. The largest absolute Gasteiger partial charge is 0.545 e.